The first-order valence-electron chi connectivity index (χ1n) is 2.61. The Hall–Kier alpha value is -0.370. The van der Waals surface area contributed by atoms with Crippen LogP contribution in [0.4, 0.5) is 0 Å². The summed E-state index contributed by atoms with van der Waals surface area (Å²) >= 11 is 0. The molecule has 0 rings (SSSR count). The smallest absolute Gasteiger partial charge is 0.217 e. The van der Waals surface area contributed by atoms with E-state index in [-0.39, 0.29) is 5.41 Å². The monoisotopic (exact) mass is 114 g/mol. The van der Waals surface area contributed by atoms with Crippen molar-refractivity contribution in [2.45, 2.75) is 26.8 Å². The van der Waals surface area contributed by atoms with Crippen LogP contribution >= 0.6 is 0 Å². The SMILES string of the molecule is CC(C)(C)C(N)[C]=O. The molecule has 2 nitrogen and oxygen atoms in total. The molecule has 0 aromatic rings. The molecule has 0 saturated heterocycles. The van der Waals surface area contributed by atoms with E-state index in [1.54, 1.807) is 6.29 Å². The fraction of sp³-hybridized carbons (Fsp3) is 0.833. The Morgan fingerprint density at radius 2 is 1.88 bits per heavy atom. The highest BCUT2D eigenvalue weighted by atomic mass is 16.1. The quantitative estimate of drug-likeness (QED) is 0.538. The van der Waals surface area contributed by atoms with Crippen LogP contribution in [0.3, 0.4) is 0 Å². The van der Waals surface area contributed by atoms with Crippen LogP contribution in [0.1, 0.15) is 20.8 Å². The van der Waals surface area contributed by atoms with E-state index < -0.39 is 6.04 Å². The first-order valence-corrected chi connectivity index (χ1v) is 2.61. The molecule has 1 unspecified atom stereocenters. The zero-order valence-corrected chi connectivity index (χ0v) is 5.56. The molecule has 0 amide bonds. The molecule has 0 fully saturated rings. The topological polar surface area (TPSA) is 43.1 Å². The second kappa shape index (κ2) is 2.27. The molecule has 0 aliphatic rings. The molecule has 0 aliphatic heterocycles. The van der Waals surface area contributed by atoms with Gasteiger partial charge in [-0.2, -0.15) is 0 Å². The minimum Gasteiger partial charge on any atom is -0.321 e. The third-order valence-electron chi connectivity index (χ3n) is 1.06. The van der Waals surface area contributed by atoms with Crippen molar-refractivity contribution in [3.05, 3.63) is 0 Å². The Bertz CT molecular complexity index is 83.0. The summed E-state index contributed by atoms with van der Waals surface area (Å²) in [6, 6.07) is -0.456. The predicted octanol–water partition coefficient (Wildman–Crippen LogP) is 0.470. The average Bonchev–Trinajstić information content (AvgIpc) is 1.62. The molecule has 2 N–H and O–H groups in total. The van der Waals surface area contributed by atoms with Crippen LogP contribution < -0.4 is 5.73 Å². The first-order chi connectivity index (χ1) is 3.48. The van der Waals surface area contributed by atoms with Gasteiger partial charge in [-0.1, -0.05) is 20.8 Å². The number of hydrogen-bond acceptors (Lipinski definition) is 2. The van der Waals surface area contributed by atoms with Gasteiger partial charge in [0.05, 0.1) is 6.04 Å². The second-order valence-electron chi connectivity index (χ2n) is 2.96. The van der Waals surface area contributed by atoms with E-state index in [0.29, 0.717) is 0 Å². The van der Waals surface area contributed by atoms with Crippen molar-refractivity contribution in [2.24, 2.45) is 11.1 Å². The largest absolute Gasteiger partial charge is 0.321 e. The van der Waals surface area contributed by atoms with E-state index in [1.807, 2.05) is 20.8 Å². The molecule has 1 radical (unpaired) electrons. The highest BCUT2D eigenvalue weighted by Crippen LogP contribution is 2.14. The van der Waals surface area contributed by atoms with Gasteiger partial charge in [0.1, 0.15) is 0 Å². The Morgan fingerprint density at radius 1 is 1.50 bits per heavy atom. The fourth-order valence-electron chi connectivity index (χ4n) is 0.177. The molecular weight excluding hydrogens is 102 g/mol. The maximum Gasteiger partial charge on any atom is 0.217 e. The Labute approximate surface area is 50.1 Å². The van der Waals surface area contributed by atoms with Gasteiger partial charge >= 0.3 is 0 Å². The lowest BCUT2D eigenvalue weighted by Crippen LogP contribution is -2.36. The second-order valence-corrected chi connectivity index (χ2v) is 2.96. The molecule has 0 bridgehead atoms. The van der Waals surface area contributed by atoms with Gasteiger partial charge in [0.15, 0.2) is 0 Å². The maximum absolute atomic E-state index is 9.90. The molecule has 0 heterocycles. The molecule has 8 heavy (non-hydrogen) atoms. The van der Waals surface area contributed by atoms with E-state index in [1.165, 1.54) is 0 Å². The van der Waals surface area contributed by atoms with E-state index in [0.717, 1.165) is 0 Å². The molecule has 0 aromatic heterocycles. The van der Waals surface area contributed by atoms with Crippen LogP contribution in [-0.2, 0) is 4.79 Å². The molecule has 0 aromatic carbocycles. The molecule has 47 valence electrons. The van der Waals surface area contributed by atoms with E-state index in [2.05, 4.69) is 0 Å². The van der Waals surface area contributed by atoms with Crippen LogP contribution in [0.2, 0.25) is 0 Å². The van der Waals surface area contributed by atoms with Crippen molar-refractivity contribution in [3.63, 3.8) is 0 Å². The molecule has 2 heteroatoms. The zero-order chi connectivity index (χ0) is 6.78. The van der Waals surface area contributed by atoms with E-state index in [9.17, 15) is 4.79 Å². The molecule has 0 spiro atoms. The lowest BCUT2D eigenvalue weighted by Gasteiger charge is -2.20. The molecule has 0 saturated carbocycles. The summed E-state index contributed by atoms with van der Waals surface area (Å²) in [5.41, 5.74) is 5.19. The number of rotatable bonds is 1. The summed E-state index contributed by atoms with van der Waals surface area (Å²) in [4.78, 5) is 9.90. The molecule has 0 aliphatic carbocycles. The highest BCUT2D eigenvalue weighted by Gasteiger charge is 2.19. The average molecular weight is 114 g/mol. The van der Waals surface area contributed by atoms with Gasteiger partial charge in [0.25, 0.3) is 0 Å². The summed E-state index contributed by atoms with van der Waals surface area (Å²) < 4.78 is 0. The summed E-state index contributed by atoms with van der Waals surface area (Å²) in [6.07, 6.45) is 1.73. The summed E-state index contributed by atoms with van der Waals surface area (Å²) in [6.45, 7) is 5.72. The summed E-state index contributed by atoms with van der Waals surface area (Å²) in [7, 11) is 0. The van der Waals surface area contributed by atoms with Crippen molar-refractivity contribution in [1.82, 2.24) is 0 Å². The number of hydrogen-bond donors (Lipinski definition) is 1. The molecule has 1 atom stereocenters. The van der Waals surface area contributed by atoms with Crippen LogP contribution in [0.15, 0.2) is 0 Å². The van der Waals surface area contributed by atoms with Crippen molar-refractivity contribution < 1.29 is 4.79 Å². The van der Waals surface area contributed by atoms with Crippen molar-refractivity contribution in [1.29, 1.82) is 0 Å². The third kappa shape index (κ3) is 2.07. The third-order valence-corrected chi connectivity index (χ3v) is 1.06. The standard InChI is InChI=1S/C6H12NO/c1-6(2,3)5(7)4-8/h5H,7H2,1-3H3. The van der Waals surface area contributed by atoms with Crippen molar-refractivity contribution >= 4 is 6.29 Å². The van der Waals surface area contributed by atoms with Crippen molar-refractivity contribution in [2.75, 3.05) is 0 Å². The van der Waals surface area contributed by atoms with Crippen molar-refractivity contribution in [3.8, 4) is 0 Å². The molecular formula is C6H12NO. The van der Waals surface area contributed by atoms with Gasteiger partial charge in [0, 0.05) is 0 Å². The summed E-state index contributed by atoms with van der Waals surface area (Å²) in [5, 5.41) is 0. The van der Waals surface area contributed by atoms with E-state index in [4.69, 9.17) is 5.73 Å². The first kappa shape index (κ1) is 7.63. The normalized spacial score (nSPS) is 15.5. The lowest BCUT2D eigenvalue weighted by molar-refractivity contribution is 0.368. The fourth-order valence-corrected chi connectivity index (χ4v) is 0.177. The van der Waals surface area contributed by atoms with Gasteiger partial charge in [0.2, 0.25) is 6.29 Å². The maximum atomic E-state index is 9.90. The van der Waals surface area contributed by atoms with Crippen LogP contribution in [0, 0.1) is 5.41 Å². The van der Waals surface area contributed by atoms with Gasteiger partial charge in [-0.15, -0.1) is 0 Å². The Kier molecular flexibility index (Phi) is 2.16. The van der Waals surface area contributed by atoms with Gasteiger partial charge in [-0.25, -0.2) is 0 Å². The van der Waals surface area contributed by atoms with Gasteiger partial charge in [-0.3, -0.25) is 4.79 Å². The Balaban J connectivity index is 3.80. The van der Waals surface area contributed by atoms with Crippen LogP contribution in [-0.4, -0.2) is 12.3 Å². The zero-order valence-electron chi connectivity index (χ0n) is 5.56. The highest BCUT2D eigenvalue weighted by molar-refractivity contribution is 5.59. The van der Waals surface area contributed by atoms with E-state index >= 15 is 0 Å². The predicted molar refractivity (Wildman–Crippen MR) is 33.1 cm³/mol. The van der Waals surface area contributed by atoms with Gasteiger partial charge < -0.3 is 5.73 Å². The summed E-state index contributed by atoms with van der Waals surface area (Å²) in [5.74, 6) is 0. The van der Waals surface area contributed by atoms with Gasteiger partial charge in [-0.05, 0) is 5.41 Å². The minimum absolute atomic E-state index is 0.137. The lowest BCUT2D eigenvalue weighted by atomic mass is 9.89. The Morgan fingerprint density at radius 3 is 1.88 bits per heavy atom. The van der Waals surface area contributed by atoms with Crippen LogP contribution in [0.25, 0.3) is 0 Å². The number of nitrogens with two attached hydrogens (primary N) is 1. The minimum atomic E-state index is -0.456. The number of carbonyl (C=O) groups excluding carboxylic acids is 1. The van der Waals surface area contributed by atoms with Crippen LogP contribution in [0.5, 0.6) is 0 Å².